The summed E-state index contributed by atoms with van der Waals surface area (Å²) in [7, 11) is 0. The Labute approximate surface area is 93.5 Å². The summed E-state index contributed by atoms with van der Waals surface area (Å²) in [4.78, 5) is 3.90. The van der Waals surface area contributed by atoms with Crippen molar-refractivity contribution in [1.82, 2.24) is 29.5 Å². The molecule has 86 valence electrons. The maximum absolute atomic E-state index is 4.14. The molecule has 0 saturated heterocycles. The van der Waals surface area contributed by atoms with E-state index in [0.29, 0.717) is 6.54 Å². The lowest BCUT2D eigenvalue weighted by molar-refractivity contribution is 0.607. The largest absolute Gasteiger partial charge is 0.355 e. The van der Waals surface area contributed by atoms with Gasteiger partial charge in [0.2, 0.25) is 5.95 Å². The molecule has 0 aromatic carbocycles. The molecule has 2 rings (SSSR count). The summed E-state index contributed by atoms with van der Waals surface area (Å²) in [6.45, 7) is 6.36. The predicted octanol–water partition coefficient (Wildman–Crippen LogP) is 0.370. The molecule has 1 N–H and O–H groups in total. The molecule has 0 aliphatic heterocycles. The second-order valence-electron chi connectivity index (χ2n) is 3.31. The van der Waals surface area contributed by atoms with E-state index in [4.69, 9.17) is 0 Å². The molecule has 7 nitrogen and oxygen atoms in total. The van der Waals surface area contributed by atoms with Crippen LogP contribution >= 0.6 is 0 Å². The molecule has 0 aliphatic rings. The van der Waals surface area contributed by atoms with Crippen LogP contribution in [0.1, 0.15) is 19.7 Å². The SMILES string of the molecule is CCNc1nnc(Cn2cncn2)n1CC. The maximum atomic E-state index is 4.14. The molecule has 0 fully saturated rings. The third-order valence-corrected chi connectivity index (χ3v) is 2.25. The van der Waals surface area contributed by atoms with Crippen LogP contribution in [0.5, 0.6) is 0 Å². The van der Waals surface area contributed by atoms with Crippen molar-refractivity contribution in [2.24, 2.45) is 0 Å². The topological polar surface area (TPSA) is 73.5 Å². The van der Waals surface area contributed by atoms with Gasteiger partial charge in [-0.25, -0.2) is 9.67 Å². The average Bonchev–Trinajstić information content (AvgIpc) is 2.90. The zero-order chi connectivity index (χ0) is 11.4. The number of hydrogen-bond acceptors (Lipinski definition) is 5. The van der Waals surface area contributed by atoms with Crippen molar-refractivity contribution in [3.63, 3.8) is 0 Å². The summed E-state index contributed by atoms with van der Waals surface area (Å²) < 4.78 is 3.76. The Balaban J connectivity index is 2.20. The van der Waals surface area contributed by atoms with Crippen molar-refractivity contribution in [3.8, 4) is 0 Å². The van der Waals surface area contributed by atoms with Gasteiger partial charge in [-0.3, -0.25) is 4.57 Å². The summed E-state index contributed by atoms with van der Waals surface area (Å²) in [6.07, 6.45) is 3.18. The maximum Gasteiger partial charge on any atom is 0.224 e. The van der Waals surface area contributed by atoms with Gasteiger partial charge >= 0.3 is 0 Å². The smallest absolute Gasteiger partial charge is 0.224 e. The Kier molecular flexibility index (Phi) is 3.13. The van der Waals surface area contributed by atoms with E-state index in [1.54, 1.807) is 11.0 Å². The second-order valence-corrected chi connectivity index (χ2v) is 3.31. The highest BCUT2D eigenvalue weighted by Crippen LogP contribution is 2.08. The fourth-order valence-corrected chi connectivity index (χ4v) is 1.53. The van der Waals surface area contributed by atoms with Crippen LogP contribution in [0, 0.1) is 0 Å². The minimum atomic E-state index is 0.590. The number of hydrogen-bond donors (Lipinski definition) is 1. The molecule has 0 spiro atoms. The Bertz CT molecular complexity index is 431. The van der Waals surface area contributed by atoms with Crippen molar-refractivity contribution in [2.45, 2.75) is 26.9 Å². The lowest BCUT2D eigenvalue weighted by Gasteiger charge is -2.07. The van der Waals surface area contributed by atoms with Gasteiger partial charge < -0.3 is 5.32 Å². The Morgan fingerprint density at radius 2 is 2.19 bits per heavy atom. The van der Waals surface area contributed by atoms with Gasteiger partial charge in [-0.15, -0.1) is 10.2 Å². The van der Waals surface area contributed by atoms with Crippen LogP contribution in [0.4, 0.5) is 5.95 Å². The van der Waals surface area contributed by atoms with Gasteiger partial charge in [-0.1, -0.05) is 0 Å². The molecule has 0 bridgehead atoms. The Morgan fingerprint density at radius 1 is 1.31 bits per heavy atom. The average molecular weight is 221 g/mol. The van der Waals surface area contributed by atoms with E-state index in [2.05, 4.69) is 32.5 Å². The highest BCUT2D eigenvalue weighted by molar-refractivity contribution is 5.25. The van der Waals surface area contributed by atoms with Gasteiger partial charge in [0.25, 0.3) is 0 Å². The highest BCUT2D eigenvalue weighted by Gasteiger charge is 2.10. The molecule has 2 aromatic rings. The van der Waals surface area contributed by atoms with Gasteiger partial charge in [-0.2, -0.15) is 5.10 Å². The molecular formula is C9H15N7. The minimum absolute atomic E-state index is 0.590. The fraction of sp³-hybridized carbons (Fsp3) is 0.556. The van der Waals surface area contributed by atoms with Crippen LogP contribution in [0.3, 0.4) is 0 Å². The number of aromatic nitrogens is 6. The monoisotopic (exact) mass is 221 g/mol. The van der Waals surface area contributed by atoms with Crippen LogP contribution in [0.15, 0.2) is 12.7 Å². The van der Waals surface area contributed by atoms with Crippen LogP contribution in [0.25, 0.3) is 0 Å². The molecule has 0 atom stereocenters. The van der Waals surface area contributed by atoms with Crippen molar-refractivity contribution >= 4 is 5.95 Å². The van der Waals surface area contributed by atoms with Crippen LogP contribution in [0.2, 0.25) is 0 Å². The van der Waals surface area contributed by atoms with E-state index in [1.807, 2.05) is 11.5 Å². The minimum Gasteiger partial charge on any atom is -0.355 e. The first kappa shape index (κ1) is 10.6. The molecule has 0 radical (unpaired) electrons. The van der Waals surface area contributed by atoms with Gasteiger partial charge in [0, 0.05) is 13.1 Å². The van der Waals surface area contributed by atoms with Gasteiger partial charge in [-0.05, 0) is 13.8 Å². The van der Waals surface area contributed by atoms with Crippen molar-refractivity contribution in [1.29, 1.82) is 0 Å². The van der Waals surface area contributed by atoms with E-state index in [-0.39, 0.29) is 0 Å². The molecule has 0 aliphatic carbocycles. The normalized spacial score (nSPS) is 10.6. The van der Waals surface area contributed by atoms with Crippen molar-refractivity contribution in [3.05, 3.63) is 18.5 Å². The molecule has 0 unspecified atom stereocenters. The molecule has 2 heterocycles. The van der Waals surface area contributed by atoms with Crippen molar-refractivity contribution < 1.29 is 0 Å². The standard InChI is InChI=1S/C9H15N7/c1-3-11-9-14-13-8(16(9)4-2)5-15-7-10-6-12-15/h6-7H,3-5H2,1-2H3,(H,11,14). The summed E-state index contributed by atoms with van der Waals surface area (Å²) in [5.41, 5.74) is 0. The molecule has 0 amide bonds. The molecule has 16 heavy (non-hydrogen) atoms. The number of nitrogens with one attached hydrogen (secondary N) is 1. The van der Waals surface area contributed by atoms with Gasteiger partial charge in [0.05, 0.1) is 0 Å². The van der Waals surface area contributed by atoms with E-state index in [9.17, 15) is 0 Å². The summed E-state index contributed by atoms with van der Waals surface area (Å²) in [6, 6.07) is 0. The second kappa shape index (κ2) is 4.73. The predicted molar refractivity (Wildman–Crippen MR) is 59.0 cm³/mol. The van der Waals surface area contributed by atoms with Gasteiger partial charge in [0.1, 0.15) is 19.2 Å². The summed E-state index contributed by atoms with van der Waals surface area (Å²) >= 11 is 0. The lowest BCUT2D eigenvalue weighted by Crippen LogP contribution is -2.11. The van der Waals surface area contributed by atoms with E-state index in [0.717, 1.165) is 24.9 Å². The highest BCUT2D eigenvalue weighted by atomic mass is 15.4. The lowest BCUT2D eigenvalue weighted by atomic mass is 10.5. The van der Waals surface area contributed by atoms with Crippen LogP contribution in [-0.2, 0) is 13.1 Å². The zero-order valence-corrected chi connectivity index (χ0v) is 9.46. The Hall–Kier alpha value is -1.92. The van der Waals surface area contributed by atoms with Crippen molar-refractivity contribution in [2.75, 3.05) is 11.9 Å². The van der Waals surface area contributed by atoms with E-state index < -0.39 is 0 Å². The molecule has 7 heteroatoms. The Morgan fingerprint density at radius 3 is 2.81 bits per heavy atom. The number of anilines is 1. The third kappa shape index (κ3) is 2.02. The summed E-state index contributed by atoms with van der Waals surface area (Å²) in [5.74, 6) is 1.68. The van der Waals surface area contributed by atoms with E-state index >= 15 is 0 Å². The first-order valence-electron chi connectivity index (χ1n) is 5.33. The van der Waals surface area contributed by atoms with Crippen LogP contribution < -0.4 is 5.32 Å². The summed E-state index contributed by atoms with van der Waals surface area (Å²) in [5, 5.41) is 15.5. The first-order valence-corrected chi connectivity index (χ1v) is 5.33. The fourth-order valence-electron chi connectivity index (χ4n) is 1.53. The third-order valence-electron chi connectivity index (χ3n) is 2.25. The number of nitrogens with zero attached hydrogens (tertiary/aromatic N) is 6. The molecule has 0 saturated carbocycles. The quantitative estimate of drug-likeness (QED) is 0.789. The number of rotatable bonds is 5. The molecule has 2 aromatic heterocycles. The zero-order valence-electron chi connectivity index (χ0n) is 9.46. The van der Waals surface area contributed by atoms with Gasteiger partial charge in [0.15, 0.2) is 5.82 Å². The van der Waals surface area contributed by atoms with Crippen LogP contribution in [-0.4, -0.2) is 36.1 Å². The first-order chi connectivity index (χ1) is 7.85. The molecular weight excluding hydrogens is 206 g/mol. The van der Waals surface area contributed by atoms with E-state index in [1.165, 1.54) is 6.33 Å².